The molecule has 8 heteroatoms. The Bertz CT molecular complexity index is 1340. The van der Waals surface area contributed by atoms with Crippen molar-refractivity contribution >= 4 is 22.9 Å². The third-order valence-corrected chi connectivity index (χ3v) is 6.70. The zero-order valence-electron chi connectivity index (χ0n) is 19.6. The molecule has 0 unspecified atom stereocenters. The summed E-state index contributed by atoms with van der Waals surface area (Å²) in [6, 6.07) is 13.0. The fraction of sp³-hybridized carbons (Fsp3) is 0.333. The minimum Gasteiger partial charge on any atom is -0.478 e. The smallest absolute Gasteiger partial charge is 0.335 e. The number of aryl methyl sites for hydroxylation is 1. The number of carboxylic acids is 1. The van der Waals surface area contributed by atoms with Crippen LogP contribution in [0.25, 0.3) is 22.4 Å². The van der Waals surface area contributed by atoms with Crippen molar-refractivity contribution in [3.63, 3.8) is 0 Å². The largest absolute Gasteiger partial charge is 0.478 e. The van der Waals surface area contributed by atoms with Crippen molar-refractivity contribution in [2.24, 2.45) is 0 Å². The van der Waals surface area contributed by atoms with Crippen LogP contribution in [0.15, 0.2) is 61.2 Å². The maximum atomic E-state index is 12.8. The molecule has 1 aliphatic carbocycles. The molecule has 5 rings (SSSR count). The van der Waals surface area contributed by atoms with Crippen molar-refractivity contribution in [2.75, 3.05) is 6.54 Å². The van der Waals surface area contributed by atoms with Gasteiger partial charge in [-0.2, -0.15) is 0 Å². The van der Waals surface area contributed by atoms with Gasteiger partial charge in [-0.25, -0.2) is 14.8 Å². The SMILES string of the molecule is O=C(O)c1ccc2c(c1)nc(-c1cccc(C(=O)NCCCn3ccnc3)c1)n2C1CCCCC1. The summed E-state index contributed by atoms with van der Waals surface area (Å²) in [5, 5.41) is 12.4. The van der Waals surface area contributed by atoms with Gasteiger partial charge in [0, 0.05) is 42.7 Å². The number of carbonyl (C=O) groups excluding carboxylic acids is 1. The number of fused-ring (bicyclic) bond motifs is 1. The van der Waals surface area contributed by atoms with E-state index in [1.165, 1.54) is 19.3 Å². The van der Waals surface area contributed by atoms with Crippen LogP contribution in [-0.4, -0.2) is 42.6 Å². The molecule has 35 heavy (non-hydrogen) atoms. The number of aromatic carboxylic acids is 1. The lowest BCUT2D eigenvalue weighted by molar-refractivity contribution is 0.0696. The summed E-state index contributed by atoms with van der Waals surface area (Å²) in [6.45, 7) is 1.36. The van der Waals surface area contributed by atoms with E-state index >= 15 is 0 Å². The van der Waals surface area contributed by atoms with Crippen LogP contribution in [0, 0.1) is 0 Å². The number of amides is 1. The first-order valence-corrected chi connectivity index (χ1v) is 12.2. The van der Waals surface area contributed by atoms with Crippen LogP contribution in [0.2, 0.25) is 0 Å². The molecule has 1 amide bonds. The quantitative estimate of drug-likeness (QED) is 0.355. The van der Waals surface area contributed by atoms with E-state index in [0.29, 0.717) is 23.7 Å². The highest BCUT2D eigenvalue weighted by Crippen LogP contribution is 2.36. The minimum absolute atomic E-state index is 0.119. The first-order chi connectivity index (χ1) is 17.1. The number of aromatic nitrogens is 4. The van der Waals surface area contributed by atoms with Gasteiger partial charge in [0.05, 0.1) is 22.9 Å². The third kappa shape index (κ3) is 4.96. The Morgan fingerprint density at radius 1 is 1.06 bits per heavy atom. The number of carboxylic acid groups (broad SMARTS) is 1. The maximum absolute atomic E-state index is 12.8. The number of imidazole rings is 2. The summed E-state index contributed by atoms with van der Waals surface area (Å²) < 4.78 is 4.24. The van der Waals surface area contributed by atoms with E-state index in [1.807, 2.05) is 41.1 Å². The lowest BCUT2D eigenvalue weighted by Gasteiger charge is -2.25. The van der Waals surface area contributed by atoms with E-state index in [4.69, 9.17) is 4.98 Å². The van der Waals surface area contributed by atoms with Gasteiger partial charge in [-0.05, 0) is 49.6 Å². The van der Waals surface area contributed by atoms with Gasteiger partial charge in [0.15, 0.2) is 0 Å². The molecule has 0 saturated heterocycles. The molecular weight excluding hydrogens is 442 g/mol. The first-order valence-electron chi connectivity index (χ1n) is 12.2. The van der Waals surface area contributed by atoms with Crippen LogP contribution in [0.4, 0.5) is 0 Å². The van der Waals surface area contributed by atoms with Gasteiger partial charge in [-0.15, -0.1) is 0 Å². The molecule has 0 radical (unpaired) electrons. The molecule has 1 aliphatic rings. The van der Waals surface area contributed by atoms with Crippen molar-refractivity contribution in [2.45, 2.75) is 51.1 Å². The van der Waals surface area contributed by atoms with Crippen LogP contribution < -0.4 is 5.32 Å². The average Bonchev–Trinajstić information content (AvgIpc) is 3.54. The lowest BCUT2D eigenvalue weighted by atomic mass is 9.94. The molecule has 2 aromatic heterocycles. The topological polar surface area (TPSA) is 102 Å². The number of hydrogen-bond acceptors (Lipinski definition) is 4. The number of carbonyl (C=O) groups is 2. The molecule has 8 nitrogen and oxygen atoms in total. The van der Waals surface area contributed by atoms with Crippen molar-refractivity contribution in [1.29, 1.82) is 0 Å². The van der Waals surface area contributed by atoms with Gasteiger partial charge in [-0.1, -0.05) is 31.4 Å². The van der Waals surface area contributed by atoms with Gasteiger partial charge in [0.25, 0.3) is 5.91 Å². The van der Waals surface area contributed by atoms with Gasteiger partial charge >= 0.3 is 5.97 Å². The maximum Gasteiger partial charge on any atom is 0.335 e. The zero-order valence-corrected chi connectivity index (χ0v) is 19.6. The molecule has 2 aromatic carbocycles. The van der Waals surface area contributed by atoms with Crippen LogP contribution in [0.3, 0.4) is 0 Å². The van der Waals surface area contributed by atoms with Crippen molar-refractivity contribution in [1.82, 2.24) is 24.4 Å². The molecule has 0 aliphatic heterocycles. The normalized spacial score (nSPS) is 14.3. The predicted molar refractivity (Wildman–Crippen MR) is 133 cm³/mol. The van der Waals surface area contributed by atoms with Crippen molar-refractivity contribution in [3.8, 4) is 11.4 Å². The molecule has 0 spiro atoms. The second-order valence-electron chi connectivity index (χ2n) is 9.10. The molecule has 0 atom stereocenters. The second kappa shape index (κ2) is 10.1. The number of rotatable bonds is 8. The summed E-state index contributed by atoms with van der Waals surface area (Å²) in [7, 11) is 0. The molecule has 180 valence electrons. The Balaban J connectivity index is 1.42. The average molecular weight is 472 g/mol. The molecule has 1 fully saturated rings. The fourth-order valence-electron chi connectivity index (χ4n) is 4.93. The van der Waals surface area contributed by atoms with Gasteiger partial charge in [-0.3, -0.25) is 4.79 Å². The fourth-order valence-corrected chi connectivity index (χ4v) is 4.93. The zero-order chi connectivity index (χ0) is 24.2. The predicted octanol–water partition coefficient (Wildman–Crippen LogP) is 4.92. The molecule has 2 heterocycles. The summed E-state index contributed by atoms with van der Waals surface area (Å²) in [5.74, 6) is -0.303. The van der Waals surface area contributed by atoms with Gasteiger partial charge < -0.3 is 19.6 Å². The highest BCUT2D eigenvalue weighted by Gasteiger charge is 2.23. The van der Waals surface area contributed by atoms with Crippen LogP contribution in [0.1, 0.15) is 65.3 Å². The van der Waals surface area contributed by atoms with E-state index in [9.17, 15) is 14.7 Å². The monoisotopic (exact) mass is 471 g/mol. The number of nitrogens with zero attached hydrogens (tertiary/aromatic N) is 4. The highest BCUT2D eigenvalue weighted by atomic mass is 16.4. The van der Waals surface area contributed by atoms with E-state index in [1.54, 1.807) is 24.7 Å². The Morgan fingerprint density at radius 3 is 2.69 bits per heavy atom. The summed E-state index contributed by atoms with van der Waals surface area (Å²) >= 11 is 0. The number of nitrogens with one attached hydrogen (secondary N) is 1. The third-order valence-electron chi connectivity index (χ3n) is 6.70. The van der Waals surface area contributed by atoms with Crippen molar-refractivity contribution < 1.29 is 14.7 Å². The van der Waals surface area contributed by atoms with E-state index in [2.05, 4.69) is 14.9 Å². The summed E-state index contributed by atoms with van der Waals surface area (Å²) in [6.07, 6.45) is 11.9. The van der Waals surface area contributed by atoms with E-state index in [-0.39, 0.29) is 11.5 Å². The molecule has 1 saturated carbocycles. The lowest BCUT2D eigenvalue weighted by Crippen LogP contribution is -2.25. The van der Waals surface area contributed by atoms with E-state index < -0.39 is 5.97 Å². The van der Waals surface area contributed by atoms with E-state index in [0.717, 1.165) is 42.7 Å². The highest BCUT2D eigenvalue weighted by molar-refractivity contribution is 5.96. The second-order valence-corrected chi connectivity index (χ2v) is 9.10. The standard InChI is InChI=1S/C27H29N5O3/c33-26(29-12-5-14-31-15-13-28-18-31)20-7-4-6-19(16-20)25-30-23-17-21(27(34)35)10-11-24(23)32(25)22-8-2-1-3-9-22/h4,6-7,10-11,13,15-18,22H,1-3,5,8-9,12,14H2,(H,29,33)(H,34,35). The Morgan fingerprint density at radius 2 is 1.91 bits per heavy atom. The van der Waals surface area contributed by atoms with Crippen LogP contribution >= 0.6 is 0 Å². The molecule has 4 aromatic rings. The summed E-state index contributed by atoms with van der Waals surface area (Å²) in [4.78, 5) is 33.3. The molecule has 0 bridgehead atoms. The first kappa shape index (κ1) is 22.8. The Hall–Kier alpha value is -3.94. The van der Waals surface area contributed by atoms with Gasteiger partial charge in [0.2, 0.25) is 0 Å². The Kier molecular flexibility index (Phi) is 6.61. The van der Waals surface area contributed by atoms with Crippen LogP contribution in [0.5, 0.6) is 0 Å². The molecule has 2 N–H and O–H groups in total. The van der Waals surface area contributed by atoms with Gasteiger partial charge in [0.1, 0.15) is 5.82 Å². The van der Waals surface area contributed by atoms with Crippen molar-refractivity contribution in [3.05, 3.63) is 72.3 Å². The summed E-state index contributed by atoms with van der Waals surface area (Å²) in [5.41, 5.74) is 3.26. The number of benzene rings is 2. The number of hydrogen-bond donors (Lipinski definition) is 2. The molecular formula is C27H29N5O3. The minimum atomic E-state index is -0.965. The van der Waals surface area contributed by atoms with Crippen LogP contribution in [-0.2, 0) is 6.54 Å². The Labute approximate surface area is 203 Å².